The highest BCUT2D eigenvalue weighted by molar-refractivity contribution is 7.91. The van der Waals surface area contributed by atoms with Gasteiger partial charge in [-0.3, -0.25) is 4.79 Å². The molecule has 0 spiro atoms. The highest BCUT2D eigenvalue weighted by Crippen LogP contribution is 2.34. The number of hydrogen-bond donors (Lipinski definition) is 0. The summed E-state index contributed by atoms with van der Waals surface area (Å²) in [6.45, 7) is 0. The number of amides is 1. The van der Waals surface area contributed by atoms with E-state index in [9.17, 15) is 13.2 Å². The summed E-state index contributed by atoms with van der Waals surface area (Å²) < 4.78 is 28.7. The Bertz CT molecular complexity index is 651. The molecule has 2 fully saturated rings. The van der Waals surface area contributed by atoms with Gasteiger partial charge in [-0.2, -0.15) is 0 Å². The van der Waals surface area contributed by atoms with Gasteiger partial charge >= 0.3 is 0 Å². The summed E-state index contributed by atoms with van der Waals surface area (Å²) >= 11 is 0. The van der Waals surface area contributed by atoms with Gasteiger partial charge in [-0.1, -0.05) is 12.1 Å². The highest BCUT2D eigenvalue weighted by Gasteiger charge is 2.42. The van der Waals surface area contributed by atoms with E-state index in [0.717, 1.165) is 12.8 Å². The Morgan fingerprint density at radius 2 is 1.90 bits per heavy atom. The van der Waals surface area contributed by atoms with E-state index in [-0.39, 0.29) is 29.5 Å². The Kier molecular flexibility index (Phi) is 3.65. The molecule has 1 saturated carbocycles. The predicted octanol–water partition coefficient (Wildman–Crippen LogP) is 1.49. The second kappa shape index (κ2) is 5.33. The van der Waals surface area contributed by atoms with Gasteiger partial charge in [0.25, 0.3) is 5.91 Å². The lowest BCUT2D eigenvalue weighted by atomic mass is 10.1. The van der Waals surface area contributed by atoms with Crippen LogP contribution in [0.4, 0.5) is 0 Å². The van der Waals surface area contributed by atoms with E-state index in [1.54, 1.807) is 23.1 Å². The lowest BCUT2D eigenvalue weighted by molar-refractivity contribution is 0.0677. The molecule has 1 unspecified atom stereocenters. The Balaban J connectivity index is 1.89. The van der Waals surface area contributed by atoms with Crippen molar-refractivity contribution in [2.24, 2.45) is 0 Å². The molecule has 1 aliphatic carbocycles. The minimum atomic E-state index is -3.00. The van der Waals surface area contributed by atoms with Crippen molar-refractivity contribution in [3.05, 3.63) is 29.8 Å². The van der Waals surface area contributed by atoms with Crippen LogP contribution in [0, 0.1) is 0 Å². The van der Waals surface area contributed by atoms with Crippen molar-refractivity contribution in [1.29, 1.82) is 0 Å². The maximum Gasteiger partial charge on any atom is 0.258 e. The molecule has 1 amide bonds. The van der Waals surface area contributed by atoms with Crippen molar-refractivity contribution in [3.63, 3.8) is 0 Å². The summed E-state index contributed by atoms with van der Waals surface area (Å²) in [4.78, 5) is 14.6. The molecule has 2 aliphatic rings. The topological polar surface area (TPSA) is 63.7 Å². The van der Waals surface area contributed by atoms with Gasteiger partial charge in [0.1, 0.15) is 5.75 Å². The first-order chi connectivity index (χ1) is 10.0. The van der Waals surface area contributed by atoms with E-state index in [1.807, 2.05) is 6.07 Å². The number of carbonyl (C=O) groups excluding carboxylic acids is 1. The van der Waals surface area contributed by atoms with E-state index < -0.39 is 9.84 Å². The minimum Gasteiger partial charge on any atom is -0.496 e. The van der Waals surface area contributed by atoms with Crippen LogP contribution in [0.25, 0.3) is 0 Å². The molecule has 0 radical (unpaired) electrons. The lowest BCUT2D eigenvalue weighted by Gasteiger charge is -2.28. The van der Waals surface area contributed by atoms with Crippen molar-refractivity contribution in [2.45, 2.75) is 31.3 Å². The average Bonchev–Trinajstić information content (AvgIpc) is 3.23. The first kappa shape index (κ1) is 14.4. The lowest BCUT2D eigenvalue weighted by Crippen LogP contribution is -2.42. The molecular formula is C15H19NO4S. The van der Waals surface area contributed by atoms with Gasteiger partial charge in [-0.05, 0) is 31.4 Å². The van der Waals surface area contributed by atoms with Crippen LogP contribution < -0.4 is 4.74 Å². The summed E-state index contributed by atoms with van der Waals surface area (Å²) in [6.07, 6.45) is 2.45. The fraction of sp³-hybridized carbons (Fsp3) is 0.533. The Labute approximate surface area is 124 Å². The first-order valence-electron chi connectivity index (χ1n) is 7.18. The quantitative estimate of drug-likeness (QED) is 0.845. The molecule has 1 atom stereocenters. The minimum absolute atomic E-state index is 0.0877. The molecule has 6 heteroatoms. The smallest absolute Gasteiger partial charge is 0.258 e. The number of sulfone groups is 1. The van der Waals surface area contributed by atoms with Crippen molar-refractivity contribution in [3.8, 4) is 5.75 Å². The number of nitrogens with zero attached hydrogens (tertiary/aromatic N) is 1. The van der Waals surface area contributed by atoms with Crippen LogP contribution in [0.3, 0.4) is 0 Å². The van der Waals surface area contributed by atoms with Crippen molar-refractivity contribution >= 4 is 15.7 Å². The molecule has 0 N–H and O–H groups in total. The van der Waals surface area contributed by atoms with Crippen LogP contribution in [0.15, 0.2) is 24.3 Å². The van der Waals surface area contributed by atoms with Crippen LogP contribution in [-0.2, 0) is 9.84 Å². The zero-order valence-electron chi connectivity index (χ0n) is 12.0. The van der Waals surface area contributed by atoms with Gasteiger partial charge < -0.3 is 9.64 Å². The van der Waals surface area contributed by atoms with Crippen LogP contribution >= 0.6 is 0 Å². The van der Waals surface area contributed by atoms with E-state index in [0.29, 0.717) is 17.7 Å². The maximum atomic E-state index is 12.9. The van der Waals surface area contributed by atoms with E-state index >= 15 is 0 Å². The number of rotatable bonds is 4. The van der Waals surface area contributed by atoms with Crippen LogP contribution in [0.2, 0.25) is 0 Å². The SMILES string of the molecule is COc1ccccc1C(=O)N(C1CC1)C1CCS(=O)(=O)C1. The molecule has 1 aromatic carbocycles. The first-order valence-corrected chi connectivity index (χ1v) is 9.00. The van der Waals surface area contributed by atoms with Crippen LogP contribution in [0.1, 0.15) is 29.6 Å². The second-order valence-corrected chi connectivity index (χ2v) is 7.93. The summed E-state index contributed by atoms with van der Waals surface area (Å²) in [5.74, 6) is 0.691. The number of carbonyl (C=O) groups is 1. The Morgan fingerprint density at radius 1 is 1.19 bits per heavy atom. The molecular weight excluding hydrogens is 290 g/mol. The number of hydrogen-bond acceptors (Lipinski definition) is 4. The van der Waals surface area contributed by atoms with Crippen LogP contribution in [-0.4, -0.2) is 49.9 Å². The summed E-state index contributed by atoms with van der Waals surface area (Å²) in [7, 11) is -1.47. The normalized spacial score (nSPS) is 23.8. The molecule has 1 aromatic rings. The van der Waals surface area contributed by atoms with E-state index in [4.69, 9.17) is 4.74 Å². The number of methoxy groups -OCH3 is 1. The fourth-order valence-corrected chi connectivity index (χ4v) is 4.65. The second-order valence-electron chi connectivity index (χ2n) is 5.70. The third-order valence-corrected chi connectivity index (χ3v) is 5.86. The monoisotopic (exact) mass is 309 g/mol. The Hall–Kier alpha value is -1.56. The van der Waals surface area contributed by atoms with Gasteiger partial charge in [0.05, 0.1) is 24.2 Å². The molecule has 0 aromatic heterocycles. The summed E-state index contributed by atoms with van der Waals surface area (Å²) in [5, 5.41) is 0. The number of ether oxygens (including phenoxy) is 1. The molecule has 1 saturated heterocycles. The van der Waals surface area contributed by atoms with Crippen molar-refractivity contribution in [2.75, 3.05) is 18.6 Å². The van der Waals surface area contributed by atoms with Crippen molar-refractivity contribution in [1.82, 2.24) is 4.90 Å². The van der Waals surface area contributed by atoms with E-state index in [1.165, 1.54) is 7.11 Å². The summed E-state index contributed by atoms with van der Waals surface area (Å²) in [5.41, 5.74) is 0.510. The average molecular weight is 309 g/mol. The third kappa shape index (κ3) is 2.90. The maximum absolute atomic E-state index is 12.9. The molecule has 5 nitrogen and oxygen atoms in total. The number of para-hydroxylation sites is 1. The highest BCUT2D eigenvalue weighted by atomic mass is 32.2. The van der Waals surface area contributed by atoms with Gasteiger partial charge in [0.15, 0.2) is 9.84 Å². The fourth-order valence-electron chi connectivity index (χ4n) is 2.94. The third-order valence-electron chi connectivity index (χ3n) is 4.11. The molecule has 1 heterocycles. The molecule has 0 bridgehead atoms. The predicted molar refractivity (Wildman–Crippen MR) is 79.2 cm³/mol. The molecule has 21 heavy (non-hydrogen) atoms. The van der Waals surface area contributed by atoms with Gasteiger partial charge in [-0.15, -0.1) is 0 Å². The number of benzene rings is 1. The van der Waals surface area contributed by atoms with Crippen molar-refractivity contribution < 1.29 is 17.9 Å². The Morgan fingerprint density at radius 3 is 2.48 bits per heavy atom. The van der Waals surface area contributed by atoms with Crippen LogP contribution in [0.5, 0.6) is 5.75 Å². The zero-order valence-corrected chi connectivity index (χ0v) is 12.8. The van der Waals surface area contributed by atoms with E-state index in [2.05, 4.69) is 0 Å². The van der Waals surface area contributed by atoms with Gasteiger partial charge in [-0.25, -0.2) is 8.42 Å². The molecule has 3 rings (SSSR count). The molecule has 1 aliphatic heterocycles. The van der Waals surface area contributed by atoms with Gasteiger partial charge in [0, 0.05) is 12.1 Å². The summed E-state index contributed by atoms with van der Waals surface area (Å²) in [6, 6.07) is 7.09. The largest absolute Gasteiger partial charge is 0.496 e. The standard InChI is InChI=1S/C15H19NO4S/c1-20-14-5-3-2-4-13(14)15(17)16(11-6-7-11)12-8-9-21(18,19)10-12/h2-5,11-12H,6-10H2,1H3. The zero-order chi connectivity index (χ0) is 15.0. The van der Waals surface area contributed by atoms with Gasteiger partial charge in [0.2, 0.25) is 0 Å². The molecule has 114 valence electrons.